The first-order valence-electron chi connectivity index (χ1n) is 10.3. The van der Waals surface area contributed by atoms with Crippen molar-refractivity contribution in [2.75, 3.05) is 6.54 Å². The lowest BCUT2D eigenvalue weighted by Crippen LogP contribution is -2.52. The molecule has 152 valence electrons. The van der Waals surface area contributed by atoms with Gasteiger partial charge in [-0.25, -0.2) is 4.79 Å². The summed E-state index contributed by atoms with van der Waals surface area (Å²) in [4.78, 5) is 49.6. The van der Waals surface area contributed by atoms with Gasteiger partial charge < -0.3 is 9.84 Å². The molecule has 7 heteroatoms. The maximum atomic E-state index is 12.9. The highest BCUT2D eigenvalue weighted by Crippen LogP contribution is 2.57. The molecule has 0 atom stereocenters. The van der Waals surface area contributed by atoms with Crippen molar-refractivity contribution in [1.82, 2.24) is 4.90 Å². The van der Waals surface area contributed by atoms with Crippen molar-refractivity contribution >= 4 is 23.8 Å². The van der Waals surface area contributed by atoms with Crippen LogP contribution in [0.4, 0.5) is 0 Å². The van der Waals surface area contributed by atoms with E-state index in [4.69, 9.17) is 9.84 Å². The summed E-state index contributed by atoms with van der Waals surface area (Å²) in [6, 6.07) is 4.40. The lowest BCUT2D eigenvalue weighted by atomic mass is 9.54. The molecule has 4 fully saturated rings. The van der Waals surface area contributed by atoms with Crippen molar-refractivity contribution in [1.29, 1.82) is 0 Å². The molecule has 0 spiro atoms. The zero-order chi connectivity index (χ0) is 20.3. The highest BCUT2D eigenvalue weighted by atomic mass is 16.6. The van der Waals surface area contributed by atoms with Crippen LogP contribution < -0.4 is 0 Å². The number of ether oxygens (including phenoxy) is 1. The highest BCUT2D eigenvalue weighted by molar-refractivity contribution is 6.22. The Kier molecular flexibility index (Phi) is 4.05. The Morgan fingerprint density at radius 1 is 1.00 bits per heavy atom. The molecule has 6 rings (SSSR count). The molecule has 1 aromatic rings. The normalized spacial score (nSPS) is 31.9. The van der Waals surface area contributed by atoms with Gasteiger partial charge in [0.1, 0.15) is 5.60 Å². The van der Waals surface area contributed by atoms with Crippen LogP contribution in [0.15, 0.2) is 18.2 Å². The van der Waals surface area contributed by atoms with E-state index in [1.165, 1.54) is 37.5 Å². The van der Waals surface area contributed by atoms with Crippen LogP contribution in [0.2, 0.25) is 0 Å². The Labute approximate surface area is 168 Å². The Hall–Kier alpha value is -2.70. The second-order valence-corrected chi connectivity index (χ2v) is 9.16. The number of hydrogen-bond donors (Lipinski definition) is 1. The van der Waals surface area contributed by atoms with E-state index in [0.29, 0.717) is 17.8 Å². The van der Waals surface area contributed by atoms with E-state index in [1.54, 1.807) is 0 Å². The van der Waals surface area contributed by atoms with Crippen LogP contribution in [0.25, 0.3) is 0 Å². The zero-order valence-electron chi connectivity index (χ0n) is 16.1. The van der Waals surface area contributed by atoms with Gasteiger partial charge in [-0.05, 0) is 74.5 Å². The minimum atomic E-state index is -1.08. The number of benzene rings is 1. The highest BCUT2D eigenvalue weighted by Gasteiger charge is 2.53. The monoisotopic (exact) mass is 397 g/mol. The number of esters is 1. The standard InChI is InChI=1S/C22H23NO6/c24-18(25)3-4-23-19(26)16-2-1-15(8-17(16)20(23)27)21(28)29-22-9-12-5-13(10-22)7-14(6-12)11-22/h1-2,8,12-14H,3-7,9-11H2,(H,24,25). The summed E-state index contributed by atoms with van der Waals surface area (Å²) in [6.45, 7) is -0.186. The predicted octanol–water partition coefficient (Wildman–Crippen LogP) is 2.88. The van der Waals surface area contributed by atoms with Crippen LogP contribution in [0.5, 0.6) is 0 Å². The summed E-state index contributed by atoms with van der Waals surface area (Å²) in [5.74, 6) is -0.661. The molecule has 4 saturated carbocycles. The van der Waals surface area contributed by atoms with Crippen LogP contribution in [0, 0.1) is 17.8 Å². The Bertz CT molecular complexity index is 900. The number of carboxylic acids is 1. The lowest BCUT2D eigenvalue weighted by molar-refractivity contribution is -0.137. The van der Waals surface area contributed by atoms with Gasteiger partial charge in [0.25, 0.3) is 11.8 Å². The van der Waals surface area contributed by atoms with E-state index in [-0.39, 0.29) is 35.3 Å². The van der Waals surface area contributed by atoms with Gasteiger partial charge in [0, 0.05) is 6.54 Å². The Balaban J connectivity index is 1.35. The third-order valence-corrected chi connectivity index (χ3v) is 7.05. The van der Waals surface area contributed by atoms with Gasteiger partial charge in [0.2, 0.25) is 0 Å². The number of imide groups is 1. The number of rotatable bonds is 5. The van der Waals surface area contributed by atoms with E-state index >= 15 is 0 Å². The quantitative estimate of drug-likeness (QED) is 0.606. The maximum absolute atomic E-state index is 12.9. The van der Waals surface area contributed by atoms with Crippen LogP contribution >= 0.6 is 0 Å². The number of nitrogens with zero attached hydrogens (tertiary/aromatic N) is 1. The molecule has 4 bridgehead atoms. The second-order valence-electron chi connectivity index (χ2n) is 9.16. The van der Waals surface area contributed by atoms with Gasteiger partial charge in [0.05, 0.1) is 23.1 Å². The van der Waals surface area contributed by atoms with E-state index in [1.807, 2.05) is 0 Å². The Morgan fingerprint density at radius 2 is 1.59 bits per heavy atom. The first-order valence-corrected chi connectivity index (χ1v) is 10.3. The fourth-order valence-electron chi connectivity index (χ4n) is 6.24. The van der Waals surface area contributed by atoms with Crippen molar-refractivity contribution in [3.05, 3.63) is 34.9 Å². The molecule has 1 heterocycles. The van der Waals surface area contributed by atoms with Gasteiger partial charge in [-0.3, -0.25) is 19.3 Å². The van der Waals surface area contributed by atoms with Crippen LogP contribution in [-0.2, 0) is 9.53 Å². The molecule has 0 unspecified atom stereocenters. The maximum Gasteiger partial charge on any atom is 0.338 e. The predicted molar refractivity (Wildman–Crippen MR) is 100 cm³/mol. The molecule has 0 radical (unpaired) electrons. The summed E-state index contributed by atoms with van der Waals surface area (Å²) in [6.07, 6.45) is 6.21. The number of carboxylic acid groups (broad SMARTS) is 1. The molecule has 0 aromatic heterocycles. The first kappa shape index (κ1) is 18.3. The van der Waals surface area contributed by atoms with Gasteiger partial charge in [-0.15, -0.1) is 0 Å². The number of amides is 2. The van der Waals surface area contributed by atoms with Gasteiger partial charge >= 0.3 is 11.9 Å². The van der Waals surface area contributed by atoms with Crippen LogP contribution in [0.3, 0.4) is 0 Å². The molecule has 7 nitrogen and oxygen atoms in total. The first-order chi connectivity index (χ1) is 13.8. The fraction of sp³-hybridized carbons (Fsp3) is 0.545. The van der Waals surface area contributed by atoms with Crippen LogP contribution in [-0.4, -0.2) is 45.9 Å². The number of carbonyl (C=O) groups excluding carboxylic acids is 3. The van der Waals surface area contributed by atoms with Crippen LogP contribution in [0.1, 0.15) is 76.0 Å². The summed E-state index contributed by atoms with van der Waals surface area (Å²) in [5.41, 5.74) is 0.228. The minimum absolute atomic E-state index is 0.139. The third kappa shape index (κ3) is 3.03. The molecule has 4 aliphatic carbocycles. The Morgan fingerprint density at radius 3 is 2.17 bits per heavy atom. The molecule has 1 aliphatic heterocycles. The molecule has 1 N–H and O–H groups in total. The van der Waals surface area contributed by atoms with E-state index < -0.39 is 23.8 Å². The number of aliphatic carboxylic acids is 1. The van der Waals surface area contributed by atoms with Crippen molar-refractivity contribution in [3.63, 3.8) is 0 Å². The molecular weight excluding hydrogens is 374 g/mol. The number of hydrogen-bond acceptors (Lipinski definition) is 5. The average molecular weight is 397 g/mol. The molecule has 0 saturated heterocycles. The van der Waals surface area contributed by atoms with E-state index in [0.717, 1.165) is 24.2 Å². The van der Waals surface area contributed by atoms with Crippen molar-refractivity contribution in [2.24, 2.45) is 17.8 Å². The van der Waals surface area contributed by atoms with Crippen molar-refractivity contribution in [3.8, 4) is 0 Å². The number of carbonyl (C=O) groups is 4. The smallest absolute Gasteiger partial charge is 0.338 e. The average Bonchev–Trinajstić information content (AvgIpc) is 2.88. The topological polar surface area (TPSA) is 101 Å². The molecule has 1 aromatic carbocycles. The summed E-state index contributed by atoms with van der Waals surface area (Å²) >= 11 is 0. The summed E-state index contributed by atoms with van der Waals surface area (Å²) in [5, 5.41) is 8.82. The van der Waals surface area contributed by atoms with Gasteiger partial charge in [0.15, 0.2) is 0 Å². The molecular formula is C22H23NO6. The van der Waals surface area contributed by atoms with E-state index in [2.05, 4.69) is 0 Å². The lowest BCUT2D eigenvalue weighted by Gasteiger charge is -2.55. The zero-order valence-corrected chi connectivity index (χ0v) is 16.1. The SMILES string of the molecule is O=C(O)CCN1C(=O)c2ccc(C(=O)OC34CC5CC(CC(C5)C3)C4)cc2C1=O. The largest absolute Gasteiger partial charge is 0.481 e. The molecule has 5 aliphatic rings. The van der Waals surface area contributed by atoms with Gasteiger partial charge in [-0.1, -0.05) is 0 Å². The van der Waals surface area contributed by atoms with Crippen molar-refractivity contribution < 1.29 is 29.0 Å². The number of fused-ring (bicyclic) bond motifs is 1. The third-order valence-electron chi connectivity index (χ3n) is 7.05. The van der Waals surface area contributed by atoms with Gasteiger partial charge in [-0.2, -0.15) is 0 Å². The summed E-state index contributed by atoms with van der Waals surface area (Å²) < 4.78 is 6.04. The molecule has 29 heavy (non-hydrogen) atoms. The van der Waals surface area contributed by atoms with E-state index in [9.17, 15) is 19.2 Å². The summed E-state index contributed by atoms with van der Waals surface area (Å²) in [7, 11) is 0. The van der Waals surface area contributed by atoms with Crippen molar-refractivity contribution in [2.45, 2.75) is 50.5 Å². The second kappa shape index (κ2) is 6.40. The molecule has 2 amide bonds. The fourth-order valence-corrected chi connectivity index (χ4v) is 6.24. The minimum Gasteiger partial charge on any atom is -0.481 e.